The second-order valence-corrected chi connectivity index (χ2v) is 7.65. The van der Waals surface area contributed by atoms with Gasteiger partial charge in [-0.2, -0.15) is 0 Å². The maximum atomic E-state index is 13.0. The summed E-state index contributed by atoms with van der Waals surface area (Å²) < 4.78 is 13.0. The number of likely N-dealkylation sites (tertiary alicyclic amines) is 1. The Morgan fingerprint density at radius 3 is 2.63 bits per heavy atom. The predicted octanol–water partition coefficient (Wildman–Crippen LogP) is 4.19. The molecule has 5 nitrogen and oxygen atoms in total. The van der Waals surface area contributed by atoms with Gasteiger partial charge in [0.1, 0.15) is 11.6 Å². The van der Waals surface area contributed by atoms with Crippen LogP contribution >= 0.6 is 0 Å². The van der Waals surface area contributed by atoms with Crippen LogP contribution in [0.5, 0.6) is 0 Å². The van der Waals surface area contributed by atoms with Crippen molar-refractivity contribution in [3.05, 3.63) is 94.8 Å². The molecule has 4 rings (SSSR count). The molecule has 1 amide bonds. The Bertz CT molecular complexity index is 1010. The third-order valence-electron chi connectivity index (χ3n) is 5.50. The van der Waals surface area contributed by atoms with Gasteiger partial charge in [0.15, 0.2) is 0 Å². The molecule has 1 atom stereocenters. The number of hydrogen-bond donors (Lipinski definition) is 1. The first kappa shape index (κ1) is 20.2. The average molecular weight is 404 g/mol. The third-order valence-corrected chi connectivity index (χ3v) is 5.50. The topological polar surface area (TPSA) is 58.1 Å². The second-order valence-electron chi connectivity index (χ2n) is 7.65. The summed E-state index contributed by atoms with van der Waals surface area (Å²) in [5.74, 6) is 0.255. The first-order chi connectivity index (χ1) is 14.6. The van der Waals surface area contributed by atoms with E-state index in [2.05, 4.69) is 44.5 Å². The number of nitrogens with one attached hydrogen (secondary N) is 1. The Balaban J connectivity index is 1.43. The van der Waals surface area contributed by atoms with Gasteiger partial charge < -0.3 is 5.32 Å². The fourth-order valence-corrected chi connectivity index (χ4v) is 3.87. The highest BCUT2D eigenvalue weighted by atomic mass is 19.1. The van der Waals surface area contributed by atoms with Gasteiger partial charge in [-0.05, 0) is 49.6 Å². The second kappa shape index (κ2) is 9.13. The SMILES string of the molecule is Cc1nc(C2CCCN2Cc2ccccc2)ncc1C(=O)NCc1ccc(F)cc1. The lowest BCUT2D eigenvalue weighted by Crippen LogP contribution is -2.27. The van der Waals surface area contributed by atoms with E-state index >= 15 is 0 Å². The lowest BCUT2D eigenvalue weighted by Gasteiger charge is -2.23. The lowest BCUT2D eigenvalue weighted by molar-refractivity contribution is 0.0949. The van der Waals surface area contributed by atoms with Gasteiger partial charge in [0.25, 0.3) is 5.91 Å². The smallest absolute Gasteiger partial charge is 0.254 e. The monoisotopic (exact) mass is 404 g/mol. The van der Waals surface area contributed by atoms with E-state index in [4.69, 9.17) is 0 Å². The summed E-state index contributed by atoms with van der Waals surface area (Å²) in [6.45, 7) is 4.05. The minimum atomic E-state index is -0.293. The van der Waals surface area contributed by atoms with Crippen LogP contribution in [0.25, 0.3) is 0 Å². The Hall–Kier alpha value is -3.12. The summed E-state index contributed by atoms with van der Waals surface area (Å²) in [5, 5.41) is 2.85. The van der Waals surface area contributed by atoms with E-state index in [9.17, 15) is 9.18 Å². The van der Waals surface area contributed by atoms with Crippen LogP contribution in [0.1, 0.15) is 51.9 Å². The van der Waals surface area contributed by atoms with E-state index in [-0.39, 0.29) is 17.8 Å². The fourth-order valence-electron chi connectivity index (χ4n) is 3.87. The molecule has 0 aliphatic carbocycles. The summed E-state index contributed by atoms with van der Waals surface area (Å²) in [7, 11) is 0. The van der Waals surface area contributed by atoms with Crippen LogP contribution in [0.3, 0.4) is 0 Å². The molecule has 1 aliphatic rings. The number of rotatable bonds is 6. The summed E-state index contributed by atoms with van der Waals surface area (Å²) in [6, 6.07) is 16.7. The number of carbonyl (C=O) groups excluding carboxylic acids is 1. The van der Waals surface area contributed by atoms with Crippen molar-refractivity contribution in [1.29, 1.82) is 0 Å². The van der Waals surface area contributed by atoms with Gasteiger partial charge in [0, 0.05) is 19.3 Å². The standard InChI is InChI=1S/C24H25FN4O/c1-17-21(24(30)27-14-18-9-11-20(25)12-10-18)15-26-23(28-17)22-8-5-13-29(22)16-19-6-3-2-4-7-19/h2-4,6-7,9-12,15,22H,5,8,13-14,16H2,1H3,(H,27,30). The quantitative estimate of drug-likeness (QED) is 0.669. The van der Waals surface area contributed by atoms with Crippen molar-refractivity contribution in [1.82, 2.24) is 20.2 Å². The van der Waals surface area contributed by atoms with Crippen LogP contribution in [0, 0.1) is 12.7 Å². The van der Waals surface area contributed by atoms with Gasteiger partial charge in [-0.15, -0.1) is 0 Å². The summed E-state index contributed by atoms with van der Waals surface area (Å²) in [5.41, 5.74) is 3.25. The van der Waals surface area contributed by atoms with E-state index in [0.29, 0.717) is 17.8 Å². The Morgan fingerprint density at radius 1 is 1.13 bits per heavy atom. The summed E-state index contributed by atoms with van der Waals surface area (Å²) in [4.78, 5) is 24.2. The fraction of sp³-hybridized carbons (Fsp3) is 0.292. The van der Waals surface area contributed by atoms with Gasteiger partial charge in [-0.1, -0.05) is 42.5 Å². The van der Waals surface area contributed by atoms with Crippen LogP contribution in [0.4, 0.5) is 4.39 Å². The van der Waals surface area contributed by atoms with Crippen molar-refractivity contribution in [2.45, 2.75) is 38.9 Å². The van der Waals surface area contributed by atoms with Crippen molar-refractivity contribution >= 4 is 5.91 Å². The molecule has 1 aliphatic heterocycles. The van der Waals surface area contributed by atoms with Crippen LogP contribution in [0.2, 0.25) is 0 Å². The highest BCUT2D eigenvalue weighted by molar-refractivity contribution is 5.94. The molecule has 1 saturated heterocycles. The van der Waals surface area contributed by atoms with Crippen LogP contribution in [-0.2, 0) is 13.1 Å². The minimum absolute atomic E-state index is 0.167. The van der Waals surface area contributed by atoms with Crippen LogP contribution in [0.15, 0.2) is 60.8 Å². The zero-order valence-electron chi connectivity index (χ0n) is 17.0. The summed E-state index contributed by atoms with van der Waals surface area (Å²) >= 11 is 0. The zero-order valence-corrected chi connectivity index (χ0v) is 17.0. The molecule has 154 valence electrons. The third kappa shape index (κ3) is 4.71. The lowest BCUT2D eigenvalue weighted by atomic mass is 10.1. The van der Waals surface area contributed by atoms with E-state index in [0.717, 1.165) is 37.3 Å². The maximum absolute atomic E-state index is 13.0. The molecule has 1 N–H and O–H groups in total. The molecule has 2 heterocycles. The molecule has 1 fully saturated rings. The molecule has 0 bridgehead atoms. The van der Waals surface area contributed by atoms with Gasteiger partial charge in [-0.3, -0.25) is 9.69 Å². The van der Waals surface area contributed by atoms with Crippen molar-refractivity contribution in [3.8, 4) is 0 Å². The maximum Gasteiger partial charge on any atom is 0.254 e. The number of halogens is 1. The van der Waals surface area contributed by atoms with Crippen molar-refractivity contribution in [2.75, 3.05) is 6.54 Å². The number of aryl methyl sites for hydroxylation is 1. The molecule has 1 aromatic heterocycles. The predicted molar refractivity (Wildman–Crippen MR) is 113 cm³/mol. The number of nitrogens with zero attached hydrogens (tertiary/aromatic N) is 3. The molecule has 0 saturated carbocycles. The highest BCUT2D eigenvalue weighted by Crippen LogP contribution is 2.31. The summed E-state index contributed by atoms with van der Waals surface area (Å²) in [6.07, 6.45) is 3.75. The van der Waals surface area contributed by atoms with Gasteiger partial charge in [-0.25, -0.2) is 14.4 Å². The molecular weight excluding hydrogens is 379 g/mol. The molecule has 3 aromatic rings. The number of amides is 1. The molecule has 0 spiro atoms. The van der Waals surface area contributed by atoms with E-state index < -0.39 is 0 Å². The van der Waals surface area contributed by atoms with Crippen LogP contribution in [-0.4, -0.2) is 27.3 Å². The molecule has 30 heavy (non-hydrogen) atoms. The van der Waals surface area contributed by atoms with Gasteiger partial charge in [0.2, 0.25) is 0 Å². The van der Waals surface area contributed by atoms with E-state index in [1.165, 1.54) is 17.7 Å². The molecular formula is C24H25FN4O. The first-order valence-electron chi connectivity index (χ1n) is 10.2. The largest absolute Gasteiger partial charge is 0.348 e. The van der Waals surface area contributed by atoms with E-state index in [1.807, 2.05) is 13.0 Å². The average Bonchev–Trinajstić information content (AvgIpc) is 3.22. The Labute approximate surface area is 176 Å². The zero-order chi connectivity index (χ0) is 20.9. The molecule has 1 unspecified atom stereocenters. The number of carbonyl (C=O) groups is 1. The minimum Gasteiger partial charge on any atom is -0.348 e. The normalized spacial score (nSPS) is 16.5. The molecule has 0 radical (unpaired) electrons. The van der Waals surface area contributed by atoms with E-state index in [1.54, 1.807) is 18.3 Å². The Kier molecular flexibility index (Phi) is 6.14. The number of benzene rings is 2. The molecule has 2 aromatic carbocycles. The number of hydrogen-bond acceptors (Lipinski definition) is 4. The van der Waals surface area contributed by atoms with Gasteiger partial charge in [0.05, 0.1) is 17.3 Å². The van der Waals surface area contributed by atoms with Gasteiger partial charge >= 0.3 is 0 Å². The van der Waals surface area contributed by atoms with Crippen LogP contribution < -0.4 is 5.32 Å². The highest BCUT2D eigenvalue weighted by Gasteiger charge is 2.28. The van der Waals surface area contributed by atoms with Crippen molar-refractivity contribution in [3.63, 3.8) is 0 Å². The number of aromatic nitrogens is 2. The first-order valence-corrected chi connectivity index (χ1v) is 10.2. The van der Waals surface area contributed by atoms with Crippen molar-refractivity contribution in [2.24, 2.45) is 0 Å². The Morgan fingerprint density at radius 2 is 1.90 bits per heavy atom. The van der Waals surface area contributed by atoms with Crippen molar-refractivity contribution < 1.29 is 9.18 Å². The molecule has 6 heteroatoms.